The molecule has 2 aliphatic heterocycles. The molecule has 2 atom stereocenters. The van der Waals surface area contributed by atoms with Gasteiger partial charge < -0.3 is 4.74 Å². The van der Waals surface area contributed by atoms with Gasteiger partial charge in [0.25, 0.3) is 0 Å². The van der Waals surface area contributed by atoms with Crippen LogP contribution in [-0.4, -0.2) is 35.6 Å². The average Bonchev–Trinajstić information content (AvgIpc) is 2.68. The molecule has 0 saturated carbocycles. The Hall–Kier alpha value is -0.570. The van der Waals surface area contributed by atoms with Gasteiger partial charge in [-0.3, -0.25) is 9.69 Å². The van der Waals surface area contributed by atoms with E-state index in [2.05, 4.69) is 18.7 Å². The van der Waals surface area contributed by atoms with Crippen molar-refractivity contribution in [3.63, 3.8) is 0 Å². The maximum absolute atomic E-state index is 11.2. The van der Waals surface area contributed by atoms with Crippen molar-refractivity contribution in [1.82, 2.24) is 4.90 Å². The molecule has 0 aromatic rings. The number of carbonyl (C=O) groups is 1. The van der Waals surface area contributed by atoms with E-state index in [0.29, 0.717) is 18.5 Å². The van der Waals surface area contributed by atoms with Gasteiger partial charge in [0.2, 0.25) is 0 Å². The van der Waals surface area contributed by atoms with Crippen LogP contribution >= 0.6 is 0 Å². The zero-order valence-corrected chi connectivity index (χ0v) is 9.03. The van der Waals surface area contributed by atoms with E-state index in [-0.39, 0.29) is 12.1 Å². The van der Waals surface area contributed by atoms with E-state index in [1.807, 2.05) is 0 Å². The van der Waals surface area contributed by atoms with Gasteiger partial charge in [-0.25, -0.2) is 0 Å². The van der Waals surface area contributed by atoms with Crippen LogP contribution in [0.2, 0.25) is 0 Å². The molecule has 0 bridgehead atoms. The summed E-state index contributed by atoms with van der Waals surface area (Å²) < 4.78 is 5.27. The van der Waals surface area contributed by atoms with E-state index >= 15 is 0 Å². The topological polar surface area (TPSA) is 29.5 Å². The van der Waals surface area contributed by atoms with Gasteiger partial charge in [0.1, 0.15) is 6.10 Å². The fourth-order valence-corrected chi connectivity index (χ4v) is 2.83. The van der Waals surface area contributed by atoms with E-state index in [1.165, 1.54) is 12.8 Å². The summed E-state index contributed by atoms with van der Waals surface area (Å²) in [5.41, 5.74) is 0. The van der Waals surface area contributed by atoms with Crippen molar-refractivity contribution in [2.45, 2.75) is 57.7 Å². The molecule has 3 heteroatoms. The first kappa shape index (κ1) is 9.97. The van der Waals surface area contributed by atoms with Gasteiger partial charge in [-0.15, -0.1) is 0 Å². The van der Waals surface area contributed by atoms with Crippen LogP contribution in [0, 0.1) is 0 Å². The van der Waals surface area contributed by atoms with Crippen LogP contribution in [0.3, 0.4) is 0 Å². The highest BCUT2D eigenvalue weighted by Crippen LogP contribution is 2.32. The molecule has 0 radical (unpaired) electrons. The monoisotopic (exact) mass is 197 g/mol. The van der Waals surface area contributed by atoms with Crippen LogP contribution < -0.4 is 0 Å². The van der Waals surface area contributed by atoms with Crippen LogP contribution in [-0.2, 0) is 9.53 Å². The normalized spacial score (nSPS) is 32.4. The zero-order valence-electron chi connectivity index (χ0n) is 9.03. The van der Waals surface area contributed by atoms with Gasteiger partial charge >= 0.3 is 5.97 Å². The second-order valence-electron chi connectivity index (χ2n) is 4.30. The van der Waals surface area contributed by atoms with Gasteiger partial charge in [-0.05, 0) is 19.3 Å². The van der Waals surface area contributed by atoms with Crippen LogP contribution in [0.5, 0.6) is 0 Å². The van der Waals surface area contributed by atoms with Crippen molar-refractivity contribution in [3.8, 4) is 0 Å². The Morgan fingerprint density at radius 3 is 2.86 bits per heavy atom. The van der Waals surface area contributed by atoms with Gasteiger partial charge in [-0.1, -0.05) is 13.8 Å². The molecule has 0 spiro atoms. The minimum absolute atomic E-state index is 0.00402. The summed E-state index contributed by atoms with van der Waals surface area (Å²) in [5, 5.41) is 0. The standard InChI is InChI=1S/C11H19NO2/c1-3-8(4-2)12-6-5-10-9(12)7-11(13)14-10/h8-10H,3-7H2,1-2H3/t9-,10-/m1/s1. The second-order valence-corrected chi connectivity index (χ2v) is 4.30. The maximum Gasteiger partial charge on any atom is 0.307 e. The fraction of sp³-hybridized carbons (Fsp3) is 0.909. The predicted octanol–water partition coefficient (Wildman–Crippen LogP) is 1.56. The summed E-state index contributed by atoms with van der Waals surface area (Å²) in [4.78, 5) is 13.6. The van der Waals surface area contributed by atoms with Crippen LogP contribution in [0.4, 0.5) is 0 Å². The second kappa shape index (κ2) is 3.89. The van der Waals surface area contributed by atoms with E-state index in [4.69, 9.17) is 4.74 Å². The number of likely N-dealkylation sites (tertiary alicyclic amines) is 1. The molecule has 2 fully saturated rings. The summed E-state index contributed by atoms with van der Waals surface area (Å²) >= 11 is 0. The lowest BCUT2D eigenvalue weighted by atomic mass is 10.1. The molecule has 0 aliphatic carbocycles. The minimum Gasteiger partial charge on any atom is -0.461 e. The Labute approximate surface area is 85.4 Å². The highest BCUT2D eigenvalue weighted by molar-refractivity contribution is 5.73. The summed E-state index contributed by atoms with van der Waals surface area (Å²) in [7, 11) is 0. The first-order valence-corrected chi connectivity index (χ1v) is 5.71. The summed E-state index contributed by atoms with van der Waals surface area (Å²) in [6.45, 7) is 5.55. The molecule has 2 rings (SSSR count). The first-order chi connectivity index (χ1) is 6.76. The third kappa shape index (κ3) is 1.54. The molecule has 0 aromatic carbocycles. The maximum atomic E-state index is 11.2. The molecule has 14 heavy (non-hydrogen) atoms. The van der Waals surface area contributed by atoms with E-state index in [0.717, 1.165) is 13.0 Å². The lowest BCUT2D eigenvalue weighted by Crippen LogP contribution is -2.40. The van der Waals surface area contributed by atoms with Crippen LogP contribution in [0.25, 0.3) is 0 Å². The molecule has 0 aromatic heterocycles. The van der Waals surface area contributed by atoms with Gasteiger partial charge in [0.15, 0.2) is 0 Å². The number of nitrogens with zero attached hydrogens (tertiary/aromatic N) is 1. The molecule has 0 N–H and O–H groups in total. The fourth-order valence-electron chi connectivity index (χ4n) is 2.83. The molecule has 2 saturated heterocycles. The molecule has 2 aliphatic rings. The number of carbonyl (C=O) groups excluding carboxylic acids is 1. The van der Waals surface area contributed by atoms with Crippen LogP contribution in [0.15, 0.2) is 0 Å². The van der Waals surface area contributed by atoms with Crippen molar-refractivity contribution in [1.29, 1.82) is 0 Å². The number of ether oxygens (including phenoxy) is 1. The molecule has 0 unspecified atom stereocenters. The largest absolute Gasteiger partial charge is 0.461 e. The Morgan fingerprint density at radius 1 is 1.50 bits per heavy atom. The molecule has 2 heterocycles. The molecule has 80 valence electrons. The SMILES string of the molecule is CCC(CC)N1CC[C@H]2OC(=O)C[C@H]21. The number of rotatable bonds is 3. The smallest absolute Gasteiger partial charge is 0.307 e. The minimum atomic E-state index is -0.00402. The van der Waals surface area contributed by atoms with Crippen molar-refractivity contribution < 1.29 is 9.53 Å². The summed E-state index contributed by atoms with van der Waals surface area (Å²) in [5.74, 6) is -0.00402. The third-order valence-electron chi connectivity index (χ3n) is 3.60. The van der Waals surface area contributed by atoms with Crippen LogP contribution in [0.1, 0.15) is 39.5 Å². The summed E-state index contributed by atoms with van der Waals surface area (Å²) in [6, 6.07) is 1.02. The van der Waals surface area contributed by atoms with E-state index in [9.17, 15) is 4.79 Å². The Morgan fingerprint density at radius 2 is 2.21 bits per heavy atom. The lowest BCUT2D eigenvalue weighted by Gasteiger charge is -2.29. The molecule has 3 nitrogen and oxygen atoms in total. The third-order valence-corrected chi connectivity index (χ3v) is 3.60. The Bertz CT molecular complexity index is 225. The van der Waals surface area contributed by atoms with Crippen molar-refractivity contribution >= 4 is 5.97 Å². The average molecular weight is 197 g/mol. The predicted molar refractivity (Wildman–Crippen MR) is 54.0 cm³/mol. The Kier molecular flexibility index (Phi) is 2.77. The zero-order chi connectivity index (χ0) is 10.1. The van der Waals surface area contributed by atoms with Crippen molar-refractivity contribution in [3.05, 3.63) is 0 Å². The van der Waals surface area contributed by atoms with Crippen molar-refractivity contribution in [2.75, 3.05) is 6.54 Å². The first-order valence-electron chi connectivity index (χ1n) is 5.71. The lowest BCUT2D eigenvalue weighted by molar-refractivity contribution is -0.141. The summed E-state index contributed by atoms with van der Waals surface area (Å²) in [6.07, 6.45) is 4.19. The molecular weight excluding hydrogens is 178 g/mol. The van der Waals surface area contributed by atoms with E-state index in [1.54, 1.807) is 0 Å². The quantitative estimate of drug-likeness (QED) is 0.643. The van der Waals surface area contributed by atoms with E-state index < -0.39 is 0 Å². The Balaban J connectivity index is 2.04. The van der Waals surface area contributed by atoms with Crippen molar-refractivity contribution in [2.24, 2.45) is 0 Å². The highest BCUT2D eigenvalue weighted by atomic mass is 16.6. The number of hydrogen-bond donors (Lipinski definition) is 0. The number of hydrogen-bond acceptors (Lipinski definition) is 3. The number of esters is 1. The molecule has 0 amide bonds. The van der Waals surface area contributed by atoms with Gasteiger partial charge in [0, 0.05) is 12.6 Å². The highest BCUT2D eigenvalue weighted by Gasteiger charge is 2.44. The number of fused-ring (bicyclic) bond motifs is 1. The van der Waals surface area contributed by atoms with Gasteiger partial charge in [0.05, 0.1) is 12.5 Å². The molecular formula is C11H19NO2. The van der Waals surface area contributed by atoms with Gasteiger partial charge in [-0.2, -0.15) is 0 Å².